The van der Waals surface area contributed by atoms with Crippen LogP contribution in [0.5, 0.6) is 0 Å². The van der Waals surface area contributed by atoms with Crippen LogP contribution in [0.15, 0.2) is 0 Å². The molecule has 0 radical (unpaired) electrons. The standard InChI is InChI=1S/C17H29NO12S/c1-6-4-8(5-28-31(25)26)13(10(20)9(6)18-7(2)19)29-17-12(22)11(21)14(27-3)15(30-17)16(23)24/h6,8-15,17,20-22H,4-5H2,1-3H3,(H,18,19)(H,23,24)(H,25,26)/t6-,8-,9+,10-,11-,12-,13+,14+,15+,17-/m1/s1. The molecule has 0 aromatic carbocycles. The molecule has 2 rings (SSSR count). The first-order valence-corrected chi connectivity index (χ1v) is 10.6. The van der Waals surface area contributed by atoms with Gasteiger partial charge in [-0.3, -0.25) is 13.5 Å². The predicted octanol–water partition coefficient (Wildman–Crippen LogP) is -2.41. The van der Waals surface area contributed by atoms with E-state index in [4.69, 9.17) is 22.9 Å². The smallest absolute Gasteiger partial charge is 0.335 e. The van der Waals surface area contributed by atoms with Crippen LogP contribution in [0.3, 0.4) is 0 Å². The zero-order valence-electron chi connectivity index (χ0n) is 17.2. The summed E-state index contributed by atoms with van der Waals surface area (Å²) in [5, 5.41) is 43.5. The third-order valence-electron chi connectivity index (χ3n) is 5.56. The molecule has 1 unspecified atom stereocenters. The summed E-state index contributed by atoms with van der Waals surface area (Å²) in [4.78, 5) is 23.0. The van der Waals surface area contributed by atoms with E-state index in [-0.39, 0.29) is 18.9 Å². The predicted molar refractivity (Wildman–Crippen MR) is 102 cm³/mol. The van der Waals surface area contributed by atoms with Gasteiger partial charge in [0.1, 0.15) is 24.4 Å². The van der Waals surface area contributed by atoms with Gasteiger partial charge in [0.05, 0.1) is 18.8 Å². The van der Waals surface area contributed by atoms with E-state index in [9.17, 15) is 34.2 Å². The molecule has 0 aromatic rings. The normalized spacial score (nSPS) is 42.0. The van der Waals surface area contributed by atoms with Crippen LogP contribution in [0.25, 0.3) is 0 Å². The molecule has 0 spiro atoms. The number of aliphatic carboxylic acids is 1. The Morgan fingerprint density at radius 3 is 2.32 bits per heavy atom. The molecule has 0 bridgehead atoms. The zero-order valence-corrected chi connectivity index (χ0v) is 18.0. The number of nitrogens with one attached hydrogen (secondary N) is 1. The Kier molecular flexibility index (Phi) is 9.29. The van der Waals surface area contributed by atoms with Crippen LogP contribution in [0.4, 0.5) is 0 Å². The minimum atomic E-state index is -2.58. The molecule has 11 atom stereocenters. The first-order valence-electron chi connectivity index (χ1n) is 9.59. The maximum absolute atomic E-state index is 11.5. The minimum Gasteiger partial charge on any atom is -0.479 e. The Bertz CT molecular complexity index is 663. The second-order valence-corrected chi connectivity index (χ2v) is 8.41. The average molecular weight is 471 g/mol. The molecular weight excluding hydrogens is 442 g/mol. The molecule has 1 saturated heterocycles. The van der Waals surface area contributed by atoms with Crippen LogP contribution >= 0.6 is 0 Å². The van der Waals surface area contributed by atoms with Crippen molar-refractivity contribution >= 4 is 23.2 Å². The lowest BCUT2D eigenvalue weighted by Gasteiger charge is -2.47. The number of methoxy groups -OCH3 is 1. The molecule has 0 aromatic heterocycles. The van der Waals surface area contributed by atoms with Crippen molar-refractivity contribution in [3.05, 3.63) is 0 Å². The first kappa shape index (κ1) is 26.0. The summed E-state index contributed by atoms with van der Waals surface area (Å²) in [6.45, 7) is 2.71. The van der Waals surface area contributed by atoms with Crippen LogP contribution in [-0.2, 0) is 39.3 Å². The summed E-state index contributed by atoms with van der Waals surface area (Å²) < 4.78 is 40.5. The van der Waals surface area contributed by atoms with Gasteiger partial charge in [-0.2, -0.15) is 4.21 Å². The molecule has 13 nitrogen and oxygen atoms in total. The number of aliphatic hydroxyl groups excluding tert-OH is 3. The molecular formula is C17H29NO12S. The van der Waals surface area contributed by atoms with Crippen molar-refractivity contribution in [3.63, 3.8) is 0 Å². The van der Waals surface area contributed by atoms with E-state index in [1.54, 1.807) is 6.92 Å². The van der Waals surface area contributed by atoms with Crippen molar-refractivity contribution in [2.45, 2.75) is 69.2 Å². The van der Waals surface area contributed by atoms with Gasteiger partial charge in [0.25, 0.3) is 0 Å². The summed E-state index contributed by atoms with van der Waals surface area (Å²) in [7, 11) is 1.15. The van der Waals surface area contributed by atoms with Crippen molar-refractivity contribution in [3.8, 4) is 0 Å². The van der Waals surface area contributed by atoms with Crippen molar-refractivity contribution in [1.29, 1.82) is 0 Å². The fraction of sp³-hybridized carbons (Fsp3) is 0.882. The molecule has 2 aliphatic rings. The maximum atomic E-state index is 11.5. The summed E-state index contributed by atoms with van der Waals surface area (Å²) in [6.07, 6.45) is -10.4. The van der Waals surface area contributed by atoms with E-state index >= 15 is 0 Å². The topological polar surface area (TPSA) is 201 Å². The van der Waals surface area contributed by atoms with Crippen LogP contribution in [0.2, 0.25) is 0 Å². The Morgan fingerprint density at radius 2 is 1.81 bits per heavy atom. The highest BCUT2D eigenvalue weighted by Crippen LogP contribution is 2.35. The molecule has 6 N–H and O–H groups in total. The number of carbonyl (C=O) groups excluding carboxylic acids is 1. The van der Waals surface area contributed by atoms with E-state index in [1.807, 2.05) is 0 Å². The summed E-state index contributed by atoms with van der Waals surface area (Å²) >= 11 is -2.58. The Morgan fingerprint density at radius 1 is 1.16 bits per heavy atom. The molecule has 1 heterocycles. The quantitative estimate of drug-likeness (QED) is 0.205. The summed E-state index contributed by atoms with van der Waals surface area (Å²) in [5.74, 6) is -2.82. The van der Waals surface area contributed by atoms with Crippen LogP contribution in [-0.4, -0.2) is 104 Å². The fourth-order valence-corrected chi connectivity index (χ4v) is 4.40. The van der Waals surface area contributed by atoms with Crippen LogP contribution < -0.4 is 5.32 Å². The fourth-order valence-electron chi connectivity index (χ4n) is 4.11. The van der Waals surface area contributed by atoms with Crippen LogP contribution in [0.1, 0.15) is 20.3 Å². The van der Waals surface area contributed by atoms with Gasteiger partial charge in [-0.05, 0) is 12.3 Å². The molecule has 2 fully saturated rings. The summed E-state index contributed by atoms with van der Waals surface area (Å²) in [6, 6.07) is -0.758. The van der Waals surface area contributed by atoms with Gasteiger partial charge < -0.3 is 40.0 Å². The molecule has 1 aliphatic carbocycles. The van der Waals surface area contributed by atoms with Gasteiger partial charge in [0.2, 0.25) is 5.91 Å². The highest BCUT2D eigenvalue weighted by Gasteiger charge is 2.52. The average Bonchev–Trinajstić information content (AvgIpc) is 2.68. The van der Waals surface area contributed by atoms with Gasteiger partial charge in [-0.15, -0.1) is 0 Å². The molecule has 31 heavy (non-hydrogen) atoms. The van der Waals surface area contributed by atoms with Crippen molar-refractivity contribution in [2.75, 3.05) is 13.7 Å². The molecule has 1 saturated carbocycles. The lowest BCUT2D eigenvalue weighted by molar-refractivity contribution is -0.321. The lowest BCUT2D eigenvalue weighted by Crippen LogP contribution is -2.64. The monoisotopic (exact) mass is 471 g/mol. The number of amides is 1. The zero-order chi connectivity index (χ0) is 23.5. The number of rotatable bonds is 8. The number of hydrogen-bond acceptors (Lipinski definition) is 10. The van der Waals surface area contributed by atoms with Gasteiger partial charge >= 0.3 is 17.3 Å². The Labute approximate surface area is 181 Å². The maximum Gasteiger partial charge on any atom is 0.335 e. The van der Waals surface area contributed by atoms with Crippen LogP contribution in [0, 0.1) is 11.8 Å². The van der Waals surface area contributed by atoms with Gasteiger partial charge in [0.15, 0.2) is 12.4 Å². The number of ether oxygens (including phenoxy) is 3. The second kappa shape index (κ2) is 11.1. The highest BCUT2D eigenvalue weighted by molar-refractivity contribution is 7.74. The molecule has 1 aliphatic heterocycles. The number of aliphatic hydroxyl groups is 3. The third kappa shape index (κ3) is 6.18. The van der Waals surface area contributed by atoms with Crippen molar-refractivity contribution in [2.24, 2.45) is 11.8 Å². The molecule has 14 heteroatoms. The van der Waals surface area contributed by atoms with Crippen molar-refractivity contribution in [1.82, 2.24) is 5.32 Å². The second-order valence-electron chi connectivity index (χ2n) is 7.74. The Balaban J connectivity index is 2.27. The SMILES string of the molecule is CO[C@H]1[C@H](O)[C@@H](O)[C@H](O[C@H]2[C@@H](COS(=O)O)C[C@@H](C)[C@H](NC(C)=O)[C@H]2O)O[C@@H]1C(=O)O. The van der Waals surface area contributed by atoms with E-state index < -0.39 is 78.1 Å². The van der Waals surface area contributed by atoms with E-state index in [0.717, 1.165) is 7.11 Å². The van der Waals surface area contributed by atoms with Gasteiger partial charge in [-0.25, -0.2) is 4.79 Å². The third-order valence-corrected chi connectivity index (χ3v) is 5.90. The first-order chi connectivity index (χ1) is 14.5. The van der Waals surface area contributed by atoms with Gasteiger partial charge in [0, 0.05) is 20.0 Å². The van der Waals surface area contributed by atoms with Gasteiger partial charge in [-0.1, -0.05) is 6.92 Å². The largest absolute Gasteiger partial charge is 0.479 e. The summed E-state index contributed by atoms with van der Waals surface area (Å²) in [5.41, 5.74) is 0. The van der Waals surface area contributed by atoms with E-state index in [2.05, 4.69) is 5.32 Å². The van der Waals surface area contributed by atoms with E-state index in [1.165, 1.54) is 6.92 Å². The number of carboxylic acid groups (broad SMARTS) is 1. The number of hydrogen-bond donors (Lipinski definition) is 6. The molecule has 180 valence electrons. The minimum absolute atomic E-state index is 0.271. The number of carbonyl (C=O) groups is 2. The molecule has 1 amide bonds. The highest BCUT2D eigenvalue weighted by atomic mass is 32.2. The number of carboxylic acids is 1. The van der Waals surface area contributed by atoms with E-state index in [0.29, 0.717) is 0 Å². The lowest BCUT2D eigenvalue weighted by atomic mass is 9.75. The van der Waals surface area contributed by atoms with Crippen molar-refractivity contribution < 1.29 is 57.2 Å². The Hall–Kier alpha value is -1.23.